The molecule has 1 aliphatic heterocycles. The summed E-state index contributed by atoms with van der Waals surface area (Å²) in [6.45, 7) is 7.03. The van der Waals surface area contributed by atoms with Crippen LogP contribution in [0.5, 0.6) is 5.88 Å². The Bertz CT molecular complexity index is 1100. The molecule has 10 heteroatoms. The normalized spacial score (nSPS) is 19.9. The van der Waals surface area contributed by atoms with Crippen LogP contribution in [0.15, 0.2) is 46.1 Å². The summed E-state index contributed by atoms with van der Waals surface area (Å²) in [6.07, 6.45) is 3.14. The highest BCUT2D eigenvalue weighted by atomic mass is 35.5. The number of rotatable bonds is 6. The fraction of sp³-hybridized carbons (Fsp3) is 0.391. The van der Waals surface area contributed by atoms with Crippen LogP contribution in [0.4, 0.5) is 4.39 Å². The molecule has 0 aliphatic carbocycles. The summed E-state index contributed by atoms with van der Waals surface area (Å²) in [5, 5.41) is 10.7. The van der Waals surface area contributed by atoms with E-state index in [9.17, 15) is 14.3 Å². The van der Waals surface area contributed by atoms with E-state index in [0.29, 0.717) is 28.6 Å². The van der Waals surface area contributed by atoms with Crippen LogP contribution in [0, 0.1) is 5.82 Å². The molecule has 1 aromatic carbocycles. The zero-order valence-corrected chi connectivity index (χ0v) is 20.8. The van der Waals surface area contributed by atoms with Crippen LogP contribution in [0.1, 0.15) is 55.7 Å². The lowest BCUT2D eigenvalue weighted by atomic mass is 9.85. The van der Waals surface area contributed by atoms with Gasteiger partial charge in [0, 0.05) is 18.4 Å². The number of aliphatic hydroxyl groups is 1. The molecule has 3 N–H and O–H groups in total. The maximum atomic E-state index is 14.9. The average molecular weight is 495 g/mol. The van der Waals surface area contributed by atoms with Crippen molar-refractivity contribution in [3.05, 3.63) is 63.7 Å². The van der Waals surface area contributed by atoms with E-state index in [1.165, 1.54) is 37.3 Å². The van der Waals surface area contributed by atoms with Gasteiger partial charge in [-0.3, -0.25) is 9.79 Å². The third-order valence-electron chi connectivity index (χ3n) is 5.52. The molecule has 0 unspecified atom stereocenters. The number of carbonyl (C=O) groups is 1. The first-order valence-corrected chi connectivity index (χ1v) is 10.9. The number of thioether (sulfide) groups is 1. The number of hydrogen-bond donors (Lipinski definition) is 2. The zero-order valence-electron chi connectivity index (χ0n) is 19.2. The minimum Gasteiger partial charge on any atom is -0.480 e. The molecule has 33 heavy (non-hydrogen) atoms. The number of halogens is 2. The van der Waals surface area contributed by atoms with E-state index in [-0.39, 0.29) is 30.3 Å². The van der Waals surface area contributed by atoms with Gasteiger partial charge in [-0.25, -0.2) is 14.4 Å². The lowest BCUT2D eigenvalue weighted by molar-refractivity contribution is 0.0987. The van der Waals surface area contributed by atoms with E-state index < -0.39 is 17.0 Å². The van der Waals surface area contributed by atoms with Crippen molar-refractivity contribution in [1.29, 1.82) is 0 Å². The third-order valence-corrected chi connectivity index (χ3v) is 6.52. The molecule has 0 saturated heterocycles. The fourth-order valence-electron chi connectivity index (χ4n) is 3.42. The lowest BCUT2D eigenvalue weighted by Gasteiger charge is -2.34. The van der Waals surface area contributed by atoms with Gasteiger partial charge in [-0.05, 0) is 55.9 Å². The Labute approximate surface area is 203 Å². The summed E-state index contributed by atoms with van der Waals surface area (Å²) in [5.74, 6) is -0.366. The monoisotopic (exact) mass is 494 g/mol. The number of nitrogens with zero attached hydrogens (tertiary/aromatic N) is 3. The van der Waals surface area contributed by atoms with Gasteiger partial charge in [-0.1, -0.05) is 17.8 Å². The molecule has 1 atom stereocenters. The molecular formula is C23H28ClFN4O3S. The zero-order chi connectivity index (χ0) is 23.7. The van der Waals surface area contributed by atoms with E-state index in [1.54, 1.807) is 32.9 Å². The van der Waals surface area contributed by atoms with Crippen LogP contribution in [-0.2, 0) is 12.0 Å². The van der Waals surface area contributed by atoms with Crippen molar-refractivity contribution in [2.24, 2.45) is 10.7 Å². The molecule has 0 bridgehead atoms. The molecule has 0 amide bonds. The summed E-state index contributed by atoms with van der Waals surface area (Å²) in [5.41, 5.74) is 6.00. The fourth-order valence-corrected chi connectivity index (χ4v) is 4.68. The summed E-state index contributed by atoms with van der Waals surface area (Å²) in [6, 6.07) is 4.55. The molecule has 2 aromatic rings. The topological polar surface area (TPSA) is 111 Å². The number of aromatic nitrogens is 2. The predicted molar refractivity (Wildman–Crippen MR) is 130 cm³/mol. The van der Waals surface area contributed by atoms with Gasteiger partial charge in [0.05, 0.1) is 30.6 Å². The van der Waals surface area contributed by atoms with Crippen molar-refractivity contribution < 1.29 is 19.0 Å². The van der Waals surface area contributed by atoms with Gasteiger partial charge in [0.15, 0.2) is 11.0 Å². The Hall–Kier alpha value is -2.49. The second kappa shape index (κ2) is 10.2. The van der Waals surface area contributed by atoms with E-state index >= 15 is 0 Å². The summed E-state index contributed by atoms with van der Waals surface area (Å²) >= 11 is 1.28. The maximum absolute atomic E-state index is 14.9. The smallest absolute Gasteiger partial charge is 0.232 e. The highest BCUT2D eigenvalue weighted by Crippen LogP contribution is 2.44. The quantitative estimate of drug-likeness (QED) is 0.579. The highest BCUT2D eigenvalue weighted by Gasteiger charge is 2.36. The number of Topliss-reactive ketones (excluding diaryl/α,β-unsaturated/α-hetero) is 1. The number of aliphatic imine (C=N–C) groups is 1. The minimum atomic E-state index is -1.03. The second-order valence-electron chi connectivity index (χ2n) is 8.47. The molecule has 0 spiro atoms. The first-order chi connectivity index (χ1) is 14.9. The molecule has 0 saturated carbocycles. The van der Waals surface area contributed by atoms with Crippen LogP contribution >= 0.6 is 24.2 Å². The van der Waals surface area contributed by atoms with Gasteiger partial charge in [0.1, 0.15) is 11.5 Å². The van der Waals surface area contributed by atoms with Crippen LogP contribution in [0.2, 0.25) is 0 Å². The van der Waals surface area contributed by atoms with Crippen molar-refractivity contribution in [2.45, 2.75) is 51.7 Å². The van der Waals surface area contributed by atoms with E-state index in [1.807, 2.05) is 6.92 Å². The maximum Gasteiger partial charge on any atom is 0.232 e. The second-order valence-corrected chi connectivity index (χ2v) is 9.58. The Morgan fingerprint density at radius 1 is 1.33 bits per heavy atom. The van der Waals surface area contributed by atoms with Gasteiger partial charge in [0.2, 0.25) is 5.88 Å². The number of carbonyl (C=O) groups excluding carboxylic acids is 1. The molecule has 0 radical (unpaired) electrons. The largest absolute Gasteiger partial charge is 0.480 e. The SMILES string of the molecule is COc1cnc(C(=O)Cc2ccc(F)c([C@]3(C)C/C(=C(\C)C(C)(C)O)SC(N)=N3)c2)cn1.Cl. The molecule has 7 nitrogen and oxygen atoms in total. The van der Waals surface area contributed by atoms with Gasteiger partial charge in [0.25, 0.3) is 0 Å². The van der Waals surface area contributed by atoms with E-state index in [4.69, 9.17) is 10.5 Å². The standard InChI is InChI=1S/C23H27FN4O3S.ClH/c1-13(22(2,3)30)19-10-23(4,28-21(25)32-19)15-8-14(6-7-16(15)24)9-18(29)17-11-27-20(31-5)12-26-17;/h6-8,11-12,30H,9-10H2,1-5H3,(H2,25,28);1H/b19-13-;/t23-;/m0./s1. The van der Waals surface area contributed by atoms with Crippen LogP contribution in [-0.4, -0.2) is 38.7 Å². The molecule has 178 valence electrons. The van der Waals surface area contributed by atoms with Crippen molar-refractivity contribution in [1.82, 2.24) is 9.97 Å². The first kappa shape index (κ1) is 26.8. The number of amidine groups is 1. The van der Waals surface area contributed by atoms with Crippen LogP contribution in [0.3, 0.4) is 0 Å². The number of hydrogen-bond acceptors (Lipinski definition) is 8. The number of nitrogens with two attached hydrogens (primary N) is 1. The Morgan fingerprint density at radius 2 is 2.03 bits per heavy atom. The van der Waals surface area contributed by atoms with Gasteiger partial charge in [-0.2, -0.15) is 0 Å². The number of ketones is 1. The molecule has 0 fully saturated rings. The van der Waals surface area contributed by atoms with Crippen LogP contribution in [0.25, 0.3) is 0 Å². The molecule has 1 aromatic heterocycles. The average Bonchev–Trinajstić information content (AvgIpc) is 2.73. The van der Waals surface area contributed by atoms with Gasteiger partial charge >= 0.3 is 0 Å². The van der Waals surface area contributed by atoms with E-state index in [2.05, 4.69) is 15.0 Å². The van der Waals surface area contributed by atoms with E-state index in [0.717, 1.165) is 10.5 Å². The van der Waals surface area contributed by atoms with Crippen LogP contribution < -0.4 is 10.5 Å². The molecule has 2 heterocycles. The Kier molecular flexibility index (Phi) is 8.27. The third kappa shape index (κ3) is 6.10. The predicted octanol–water partition coefficient (Wildman–Crippen LogP) is 4.18. The molecule has 3 rings (SSSR count). The molecule has 1 aliphatic rings. The van der Waals surface area contributed by atoms with Crippen molar-refractivity contribution >= 4 is 35.1 Å². The lowest BCUT2D eigenvalue weighted by Crippen LogP contribution is -2.31. The minimum absolute atomic E-state index is 0. The van der Waals surface area contributed by atoms with Gasteiger partial charge < -0.3 is 15.6 Å². The number of methoxy groups -OCH3 is 1. The summed E-state index contributed by atoms with van der Waals surface area (Å²) < 4.78 is 19.9. The van der Waals surface area contributed by atoms with Crippen molar-refractivity contribution in [3.8, 4) is 5.88 Å². The number of ether oxygens (including phenoxy) is 1. The first-order valence-electron chi connectivity index (χ1n) is 10.1. The Morgan fingerprint density at radius 3 is 2.61 bits per heavy atom. The van der Waals surface area contributed by atoms with Crippen molar-refractivity contribution in [2.75, 3.05) is 7.11 Å². The number of benzene rings is 1. The summed E-state index contributed by atoms with van der Waals surface area (Å²) in [7, 11) is 1.47. The molecular weight excluding hydrogens is 467 g/mol. The Balaban J connectivity index is 0.00000385. The van der Waals surface area contributed by atoms with Gasteiger partial charge in [-0.15, -0.1) is 12.4 Å². The summed E-state index contributed by atoms with van der Waals surface area (Å²) in [4.78, 5) is 26.1. The highest BCUT2D eigenvalue weighted by molar-refractivity contribution is 8.17. The van der Waals surface area contributed by atoms with Crippen molar-refractivity contribution in [3.63, 3.8) is 0 Å².